The Morgan fingerprint density at radius 2 is 2.18 bits per heavy atom. The Balaban J connectivity index is 2.42. The third-order valence-corrected chi connectivity index (χ3v) is 3.02. The summed E-state index contributed by atoms with van der Waals surface area (Å²) in [5.41, 5.74) is 1.13. The molecular formula is C12H16BrFN2O. The summed E-state index contributed by atoms with van der Waals surface area (Å²) in [5, 5.41) is 5.18. The van der Waals surface area contributed by atoms with Crippen LogP contribution in [0.3, 0.4) is 0 Å². The number of halogens is 2. The second kappa shape index (κ2) is 7.27. The first-order valence-electron chi connectivity index (χ1n) is 5.47. The molecule has 0 heterocycles. The van der Waals surface area contributed by atoms with E-state index in [1.165, 1.54) is 0 Å². The van der Waals surface area contributed by atoms with Crippen LogP contribution in [0.1, 0.15) is 12.5 Å². The fraction of sp³-hybridized carbons (Fsp3) is 0.417. The molecule has 0 saturated carbocycles. The lowest BCUT2D eigenvalue weighted by molar-refractivity contribution is 0.236. The Bertz CT molecular complexity index is 373. The van der Waals surface area contributed by atoms with Crippen molar-refractivity contribution in [1.82, 2.24) is 10.6 Å². The van der Waals surface area contributed by atoms with E-state index in [9.17, 15) is 9.18 Å². The standard InChI is InChI=1S/C12H16BrFN2O/c1-9(16-12(17)15-7-6-14)8-10-4-2-3-5-11(10)13/h2-5,9H,6-8H2,1H3,(H2,15,16,17). The van der Waals surface area contributed by atoms with E-state index >= 15 is 0 Å². The summed E-state index contributed by atoms with van der Waals surface area (Å²) in [6.45, 7) is 1.41. The molecule has 0 bridgehead atoms. The number of nitrogens with one attached hydrogen (secondary N) is 2. The average molecular weight is 303 g/mol. The van der Waals surface area contributed by atoms with Gasteiger partial charge in [0.2, 0.25) is 0 Å². The normalized spacial score (nSPS) is 11.9. The van der Waals surface area contributed by atoms with Gasteiger partial charge in [-0.25, -0.2) is 9.18 Å². The summed E-state index contributed by atoms with van der Waals surface area (Å²) in [4.78, 5) is 11.3. The molecule has 0 spiro atoms. The lowest BCUT2D eigenvalue weighted by Gasteiger charge is -2.15. The molecule has 1 aromatic rings. The van der Waals surface area contributed by atoms with Crippen LogP contribution >= 0.6 is 15.9 Å². The fourth-order valence-electron chi connectivity index (χ4n) is 1.48. The topological polar surface area (TPSA) is 41.1 Å². The van der Waals surface area contributed by atoms with E-state index in [2.05, 4.69) is 26.6 Å². The highest BCUT2D eigenvalue weighted by molar-refractivity contribution is 9.10. The van der Waals surface area contributed by atoms with Crippen LogP contribution in [-0.2, 0) is 6.42 Å². The molecule has 2 N–H and O–H groups in total. The molecule has 1 rings (SSSR count). The summed E-state index contributed by atoms with van der Waals surface area (Å²) in [6.07, 6.45) is 0.727. The molecule has 5 heteroatoms. The van der Waals surface area contributed by atoms with Gasteiger partial charge in [-0.2, -0.15) is 0 Å². The maximum Gasteiger partial charge on any atom is 0.315 e. The fourth-order valence-corrected chi connectivity index (χ4v) is 1.93. The monoisotopic (exact) mass is 302 g/mol. The van der Waals surface area contributed by atoms with Crippen LogP contribution in [0.25, 0.3) is 0 Å². The largest absolute Gasteiger partial charge is 0.336 e. The van der Waals surface area contributed by atoms with Gasteiger partial charge in [0.15, 0.2) is 0 Å². The third kappa shape index (κ3) is 5.17. The van der Waals surface area contributed by atoms with Crippen molar-refractivity contribution in [3.8, 4) is 0 Å². The summed E-state index contributed by atoms with van der Waals surface area (Å²) in [6, 6.07) is 7.53. The molecule has 1 aromatic carbocycles. The molecule has 1 atom stereocenters. The van der Waals surface area contributed by atoms with Crippen molar-refractivity contribution in [2.24, 2.45) is 0 Å². The van der Waals surface area contributed by atoms with E-state index in [1.807, 2.05) is 31.2 Å². The van der Waals surface area contributed by atoms with Gasteiger partial charge in [-0.1, -0.05) is 34.1 Å². The highest BCUT2D eigenvalue weighted by atomic mass is 79.9. The third-order valence-electron chi connectivity index (χ3n) is 2.24. The van der Waals surface area contributed by atoms with Crippen LogP contribution in [0.15, 0.2) is 28.7 Å². The minimum Gasteiger partial charge on any atom is -0.336 e. The van der Waals surface area contributed by atoms with Crippen molar-refractivity contribution >= 4 is 22.0 Å². The minimum atomic E-state index is -0.550. The van der Waals surface area contributed by atoms with Gasteiger partial charge in [-0.05, 0) is 25.0 Å². The zero-order valence-electron chi connectivity index (χ0n) is 9.67. The molecule has 0 aliphatic heterocycles. The van der Waals surface area contributed by atoms with Crippen molar-refractivity contribution in [3.05, 3.63) is 34.3 Å². The first-order valence-corrected chi connectivity index (χ1v) is 6.26. The lowest BCUT2D eigenvalue weighted by atomic mass is 10.1. The molecule has 2 amide bonds. The Kier molecular flexibility index (Phi) is 5.97. The van der Waals surface area contributed by atoms with Gasteiger partial charge in [-0.15, -0.1) is 0 Å². The zero-order chi connectivity index (χ0) is 12.7. The second-order valence-electron chi connectivity index (χ2n) is 3.79. The van der Waals surface area contributed by atoms with Crippen molar-refractivity contribution in [3.63, 3.8) is 0 Å². The van der Waals surface area contributed by atoms with Crippen LogP contribution in [0.4, 0.5) is 9.18 Å². The Morgan fingerprint density at radius 3 is 2.82 bits per heavy atom. The SMILES string of the molecule is CC(Cc1ccccc1Br)NC(=O)NCCF. The lowest BCUT2D eigenvalue weighted by Crippen LogP contribution is -2.42. The Morgan fingerprint density at radius 1 is 1.47 bits per heavy atom. The van der Waals surface area contributed by atoms with Crippen LogP contribution in [-0.4, -0.2) is 25.3 Å². The van der Waals surface area contributed by atoms with E-state index in [0.29, 0.717) is 0 Å². The van der Waals surface area contributed by atoms with E-state index in [0.717, 1.165) is 16.5 Å². The number of urea groups is 1. The second-order valence-corrected chi connectivity index (χ2v) is 4.64. The van der Waals surface area contributed by atoms with E-state index in [1.54, 1.807) is 0 Å². The van der Waals surface area contributed by atoms with Gasteiger partial charge >= 0.3 is 6.03 Å². The average Bonchev–Trinajstić information content (AvgIpc) is 2.29. The van der Waals surface area contributed by atoms with E-state index in [-0.39, 0.29) is 18.6 Å². The van der Waals surface area contributed by atoms with E-state index in [4.69, 9.17) is 0 Å². The van der Waals surface area contributed by atoms with Gasteiger partial charge in [0.25, 0.3) is 0 Å². The van der Waals surface area contributed by atoms with Crippen LogP contribution < -0.4 is 10.6 Å². The predicted molar refractivity (Wildman–Crippen MR) is 69.8 cm³/mol. The number of amides is 2. The predicted octanol–water partition coefficient (Wildman–Crippen LogP) is 2.65. The zero-order valence-corrected chi connectivity index (χ0v) is 11.3. The summed E-state index contributed by atoms with van der Waals surface area (Å²) in [7, 11) is 0. The molecule has 0 aliphatic rings. The van der Waals surface area contributed by atoms with Crippen LogP contribution in [0, 0.1) is 0 Å². The molecule has 0 fully saturated rings. The van der Waals surface area contributed by atoms with Gasteiger partial charge in [-0.3, -0.25) is 0 Å². The number of carbonyl (C=O) groups excluding carboxylic acids is 1. The number of hydrogen-bond donors (Lipinski definition) is 2. The van der Waals surface area contributed by atoms with Gasteiger partial charge in [0.1, 0.15) is 6.67 Å². The first kappa shape index (κ1) is 14.0. The van der Waals surface area contributed by atoms with Gasteiger partial charge in [0, 0.05) is 17.1 Å². The number of benzene rings is 1. The molecular weight excluding hydrogens is 287 g/mol. The highest BCUT2D eigenvalue weighted by Crippen LogP contribution is 2.17. The van der Waals surface area contributed by atoms with Gasteiger partial charge in [0.05, 0.1) is 0 Å². The Labute approximate surface area is 109 Å². The highest BCUT2D eigenvalue weighted by Gasteiger charge is 2.08. The molecule has 0 aromatic heterocycles. The van der Waals surface area contributed by atoms with Gasteiger partial charge < -0.3 is 10.6 Å². The molecule has 0 radical (unpaired) electrons. The molecule has 3 nitrogen and oxygen atoms in total. The molecule has 17 heavy (non-hydrogen) atoms. The minimum absolute atomic E-state index is 0.00619. The Hall–Kier alpha value is -1.10. The maximum atomic E-state index is 11.8. The summed E-state index contributed by atoms with van der Waals surface area (Å²) >= 11 is 3.46. The smallest absolute Gasteiger partial charge is 0.315 e. The van der Waals surface area contributed by atoms with Crippen molar-refractivity contribution in [1.29, 1.82) is 0 Å². The van der Waals surface area contributed by atoms with E-state index < -0.39 is 6.67 Å². The van der Waals surface area contributed by atoms with Crippen molar-refractivity contribution in [2.45, 2.75) is 19.4 Å². The quantitative estimate of drug-likeness (QED) is 0.862. The first-order chi connectivity index (χ1) is 8.13. The number of carbonyl (C=O) groups is 1. The number of rotatable bonds is 5. The summed E-state index contributed by atoms with van der Waals surface area (Å²) < 4.78 is 12.9. The van der Waals surface area contributed by atoms with Crippen LogP contribution in [0.2, 0.25) is 0 Å². The number of alkyl halides is 1. The summed E-state index contributed by atoms with van der Waals surface area (Å²) in [5.74, 6) is 0. The molecule has 94 valence electrons. The van der Waals surface area contributed by atoms with Crippen molar-refractivity contribution < 1.29 is 9.18 Å². The number of hydrogen-bond acceptors (Lipinski definition) is 1. The van der Waals surface area contributed by atoms with Crippen molar-refractivity contribution in [2.75, 3.05) is 13.2 Å². The van der Waals surface area contributed by atoms with Crippen LogP contribution in [0.5, 0.6) is 0 Å². The molecule has 0 saturated heterocycles. The molecule has 1 unspecified atom stereocenters. The molecule has 0 aliphatic carbocycles. The maximum absolute atomic E-state index is 11.8.